The van der Waals surface area contributed by atoms with Crippen LogP contribution in [0, 0.1) is 18.8 Å². The van der Waals surface area contributed by atoms with Crippen molar-refractivity contribution in [1.82, 2.24) is 9.97 Å². The van der Waals surface area contributed by atoms with Gasteiger partial charge in [0.25, 0.3) is 0 Å². The van der Waals surface area contributed by atoms with Crippen LogP contribution in [0.2, 0.25) is 0 Å². The highest BCUT2D eigenvalue weighted by atomic mass is 32.2. The van der Waals surface area contributed by atoms with Gasteiger partial charge in [-0.05, 0) is 42.9 Å². The van der Waals surface area contributed by atoms with Gasteiger partial charge < -0.3 is 10.2 Å². The van der Waals surface area contributed by atoms with Crippen LogP contribution in [0.5, 0.6) is 0 Å². The van der Waals surface area contributed by atoms with Crippen molar-refractivity contribution in [2.75, 3.05) is 29.1 Å². The summed E-state index contributed by atoms with van der Waals surface area (Å²) in [6, 6.07) is 9.81. The summed E-state index contributed by atoms with van der Waals surface area (Å²) >= 11 is 1.44. The minimum absolute atomic E-state index is 0.0269. The number of carbonyl (C=O) groups is 1. The fourth-order valence-corrected chi connectivity index (χ4v) is 4.15. The molecule has 1 N–H and O–H groups in total. The smallest absolute Gasteiger partial charge is 0.234 e. The summed E-state index contributed by atoms with van der Waals surface area (Å²) < 4.78 is 0. The topological polar surface area (TPSA) is 58.1 Å². The number of piperidine rings is 1. The van der Waals surface area contributed by atoms with Crippen LogP contribution in [-0.4, -0.2) is 34.7 Å². The van der Waals surface area contributed by atoms with E-state index < -0.39 is 0 Å². The van der Waals surface area contributed by atoms with Crippen molar-refractivity contribution in [2.24, 2.45) is 11.8 Å². The zero-order chi connectivity index (χ0) is 18.5. The van der Waals surface area contributed by atoms with Gasteiger partial charge in [-0.3, -0.25) is 4.79 Å². The minimum Gasteiger partial charge on any atom is -0.356 e. The molecular weight excluding hydrogens is 344 g/mol. The van der Waals surface area contributed by atoms with Crippen molar-refractivity contribution in [2.45, 2.75) is 32.2 Å². The second-order valence-corrected chi connectivity index (χ2v) is 8.27. The molecule has 2 heterocycles. The number of rotatable bonds is 5. The van der Waals surface area contributed by atoms with Gasteiger partial charge in [0.1, 0.15) is 17.2 Å². The van der Waals surface area contributed by atoms with Gasteiger partial charge in [0.2, 0.25) is 5.91 Å². The molecule has 138 valence electrons. The van der Waals surface area contributed by atoms with Crippen molar-refractivity contribution < 1.29 is 4.79 Å². The fourth-order valence-electron chi connectivity index (χ4n) is 3.49. The van der Waals surface area contributed by atoms with Crippen LogP contribution in [0.3, 0.4) is 0 Å². The van der Waals surface area contributed by atoms with E-state index in [0.717, 1.165) is 35.2 Å². The van der Waals surface area contributed by atoms with Crippen LogP contribution in [0.15, 0.2) is 41.7 Å². The molecule has 3 rings (SSSR count). The number of aryl methyl sites for hydroxylation is 1. The van der Waals surface area contributed by atoms with Crippen molar-refractivity contribution in [3.8, 4) is 0 Å². The Morgan fingerprint density at radius 2 is 2.00 bits per heavy atom. The maximum Gasteiger partial charge on any atom is 0.234 e. The molecule has 1 aromatic heterocycles. The molecule has 1 amide bonds. The molecule has 2 aromatic rings. The third-order valence-corrected chi connectivity index (χ3v) is 5.40. The number of thioether (sulfide) groups is 1. The first-order valence-electron chi connectivity index (χ1n) is 9.06. The summed E-state index contributed by atoms with van der Waals surface area (Å²) in [5, 5.41) is 3.76. The maximum absolute atomic E-state index is 12.2. The van der Waals surface area contributed by atoms with Gasteiger partial charge in [-0.25, -0.2) is 9.97 Å². The Balaban J connectivity index is 1.57. The highest BCUT2D eigenvalue weighted by Gasteiger charge is 2.23. The molecule has 1 saturated heterocycles. The van der Waals surface area contributed by atoms with E-state index in [0.29, 0.717) is 17.6 Å². The molecule has 1 aromatic carbocycles. The molecule has 0 spiro atoms. The van der Waals surface area contributed by atoms with Crippen LogP contribution >= 0.6 is 11.8 Å². The first kappa shape index (κ1) is 18.7. The van der Waals surface area contributed by atoms with Crippen LogP contribution < -0.4 is 10.2 Å². The molecule has 1 aliphatic heterocycles. The number of aromatic nitrogens is 2. The lowest BCUT2D eigenvalue weighted by Gasteiger charge is -2.35. The van der Waals surface area contributed by atoms with Crippen LogP contribution in [-0.2, 0) is 4.79 Å². The molecule has 2 atom stereocenters. The SMILES string of the molecule is Cc1cccc(NC(=O)CSc2cc(N3C[C@H](C)C[C@H](C)C3)ncn2)c1. The Labute approximate surface area is 159 Å². The number of anilines is 2. The van der Waals surface area contributed by atoms with E-state index in [4.69, 9.17) is 0 Å². The first-order chi connectivity index (χ1) is 12.5. The quantitative estimate of drug-likeness (QED) is 0.637. The summed E-state index contributed by atoms with van der Waals surface area (Å²) in [4.78, 5) is 23.3. The van der Waals surface area contributed by atoms with E-state index >= 15 is 0 Å². The van der Waals surface area contributed by atoms with Crippen LogP contribution in [0.1, 0.15) is 25.8 Å². The molecule has 0 radical (unpaired) electrons. The van der Waals surface area contributed by atoms with Gasteiger partial charge in [0.05, 0.1) is 5.75 Å². The van der Waals surface area contributed by atoms with Gasteiger partial charge >= 0.3 is 0 Å². The largest absolute Gasteiger partial charge is 0.356 e. The molecule has 1 aliphatic rings. The molecule has 6 heteroatoms. The van der Waals surface area contributed by atoms with Crippen molar-refractivity contribution >= 4 is 29.2 Å². The van der Waals surface area contributed by atoms with Gasteiger partial charge in [-0.1, -0.05) is 37.7 Å². The minimum atomic E-state index is -0.0269. The fraction of sp³-hybridized carbons (Fsp3) is 0.450. The summed E-state index contributed by atoms with van der Waals surface area (Å²) in [6.45, 7) is 8.64. The number of nitrogens with one attached hydrogen (secondary N) is 1. The van der Waals surface area contributed by atoms with Crippen molar-refractivity contribution in [3.63, 3.8) is 0 Å². The van der Waals surface area contributed by atoms with E-state index in [1.165, 1.54) is 18.2 Å². The molecule has 5 nitrogen and oxygen atoms in total. The lowest BCUT2D eigenvalue weighted by Crippen LogP contribution is -2.39. The van der Waals surface area contributed by atoms with E-state index in [1.807, 2.05) is 37.3 Å². The van der Waals surface area contributed by atoms with Gasteiger partial charge in [-0.15, -0.1) is 0 Å². The molecule has 26 heavy (non-hydrogen) atoms. The number of carbonyl (C=O) groups excluding carboxylic acids is 1. The van der Waals surface area contributed by atoms with E-state index in [-0.39, 0.29) is 5.91 Å². The Morgan fingerprint density at radius 1 is 1.23 bits per heavy atom. The normalized spacial score (nSPS) is 20.0. The number of hydrogen-bond acceptors (Lipinski definition) is 5. The van der Waals surface area contributed by atoms with E-state index in [2.05, 4.69) is 34.0 Å². The average Bonchev–Trinajstić information content (AvgIpc) is 2.59. The van der Waals surface area contributed by atoms with Crippen LogP contribution in [0.25, 0.3) is 0 Å². The lowest BCUT2D eigenvalue weighted by atomic mass is 9.92. The van der Waals surface area contributed by atoms with Gasteiger partial charge in [0.15, 0.2) is 0 Å². The third-order valence-electron chi connectivity index (χ3n) is 4.47. The Bertz CT molecular complexity index is 757. The zero-order valence-corrected chi connectivity index (χ0v) is 16.4. The molecule has 0 unspecified atom stereocenters. The molecule has 1 fully saturated rings. The number of benzene rings is 1. The second kappa shape index (κ2) is 8.54. The van der Waals surface area contributed by atoms with Crippen LogP contribution in [0.4, 0.5) is 11.5 Å². The summed E-state index contributed by atoms with van der Waals surface area (Å²) in [7, 11) is 0. The Hall–Kier alpha value is -2.08. The molecule has 0 saturated carbocycles. The molecule has 0 aliphatic carbocycles. The zero-order valence-electron chi connectivity index (χ0n) is 15.6. The highest BCUT2D eigenvalue weighted by Crippen LogP contribution is 2.27. The average molecular weight is 371 g/mol. The number of amides is 1. The monoisotopic (exact) mass is 370 g/mol. The van der Waals surface area contributed by atoms with Crippen molar-refractivity contribution in [1.29, 1.82) is 0 Å². The third kappa shape index (κ3) is 5.21. The lowest BCUT2D eigenvalue weighted by molar-refractivity contribution is -0.113. The first-order valence-corrected chi connectivity index (χ1v) is 10.0. The summed E-state index contributed by atoms with van der Waals surface area (Å²) in [5.41, 5.74) is 1.95. The predicted molar refractivity (Wildman–Crippen MR) is 108 cm³/mol. The summed E-state index contributed by atoms with van der Waals surface area (Å²) in [6.07, 6.45) is 2.86. The predicted octanol–water partition coefficient (Wildman–Crippen LogP) is 4.00. The standard InChI is InChI=1S/C20H26N4OS/c1-14-5-4-6-17(8-14)23-19(25)12-26-20-9-18(21-13-22-20)24-10-15(2)7-16(3)11-24/h4-6,8-9,13,15-16H,7,10-12H2,1-3H3,(H,23,25)/t15-,16+. The van der Waals surface area contributed by atoms with Gasteiger partial charge in [0, 0.05) is 24.8 Å². The molecular formula is C20H26N4OS. The number of nitrogens with zero attached hydrogens (tertiary/aromatic N) is 3. The van der Waals surface area contributed by atoms with E-state index in [1.54, 1.807) is 6.33 Å². The van der Waals surface area contributed by atoms with Crippen molar-refractivity contribution in [3.05, 3.63) is 42.2 Å². The summed E-state index contributed by atoms with van der Waals surface area (Å²) in [5.74, 6) is 2.60. The second-order valence-electron chi connectivity index (χ2n) is 7.27. The molecule has 0 bridgehead atoms. The number of hydrogen-bond donors (Lipinski definition) is 1. The highest BCUT2D eigenvalue weighted by molar-refractivity contribution is 7.99. The van der Waals surface area contributed by atoms with E-state index in [9.17, 15) is 4.79 Å². The maximum atomic E-state index is 12.2. The Morgan fingerprint density at radius 3 is 2.73 bits per heavy atom. The Kier molecular flexibility index (Phi) is 6.14. The van der Waals surface area contributed by atoms with Gasteiger partial charge in [-0.2, -0.15) is 0 Å².